The van der Waals surface area contributed by atoms with E-state index in [1.165, 1.54) is 0 Å². The van der Waals surface area contributed by atoms with Crippen molar-refractivity contribution in [2.45, 2.75) is 45.7 Å². The van der Waals surface area contributed by atoms with E-state index >= 15 is 0 Å². The first-order valence-corrected chi connectivity index (χ1v) is 9.17. The Labute approximate surface area is 156 Å². The molecule has 0 spiro atoms. The fourth-order valence-electron chi connectivity index (χ4n) is 2.78. The van der Waals surface area contributed by atoms with Crippen molar-refractivity contribution in [1.82, 2.24) is 10.2 Å². The van der Waals surface area contributed by atoms with Gasteiger partial charge in [0.2, 0.25) is 5.91 Å². The van der Waals surface area contributed by atoms with Crippen molar-refractivity contribution < 1.29 is 9.53 Å². The average molecular weight is 361 g/mol. The quantitative estimate of drug-likeness (QED) is 0.601. The Bertz CT molecular complexity index is 632. The molecule has 3 N–H and O–H groups in total. The molecule has 6 nitrogen and oxygen atoms in total. The predicted octanol–water partition coefficient (Wildman–Crippen LogP) is 2.03. The van der Waals surface area contributed by atoms with E-state index in [-0.39, 0.29) is 23.4 Å². The molecule has 0 saturated carbocycles. The van der Waals surface area contributed by atoms with Gasteiger partial charge in [-0.3, -0.25) is 9.79 Å². The Morgan fingerprint density at radius 1 is 1.31 bits per heavy atom. The van der Waals surface area contributed by atoms with Gasteiger partial charge in [-0.05, 0) is 42.5 Å². The van der Waals surface area contributed by atoms with E-state index in [2.05, 4.69) is 31.1 Å². The summed E-state index contributed by atoms with van der Waals surface area (Å²) in [6.45, 7) is 7.96. The molecule has 2 atom stereocenters. The van der Waals surface area contributed by atoms with Crippen LogP contribution in [0.3, 0.4) is 0 Å². The SMILES string of the molecule is CN(C)C(=O)[C@@H]1CC(N=C(N)c2ccc(OCCC(C)(C)C)cc2)CN1. The lowest BCUT2D eigenvalue weighted by Crippen LogP contribution is -2.39. The first-order chi connectivity index (χ1) is 12.2. The van der Waals surface area contributed by atoms with E-state index in [4.69, 9.17) is 10.5 Å². The number of nitrogens with zero attached hydrogens (tertiary/aromatic N) is 2. The molecule has 0 radical (unpaired) electrons. The maximum atomic E-state index is 12.0. The van der Waals surface area contributed by atoms with Gasteiger partial charge in [0, 0.05) is 26.2 Å². The van der Waals surface area contributed by atoms with Crippen LogP contribution in [0.25, 0.3) is 0 Å². The Morgan fingerprint density at radius 2 is 1.96 bits per heavy atom. The zero-order chi connectivity index (χ0) is 19.3. The lowest BCUT2D eigenvalue weighted by Gasteiger charge is -2.18. The molecule has 1 aliphatic rings. The van der Waals surface area contributed by atoms with E-state index in [0.717, 1.165) is 17.7 Å². The molecule has 144 valence electrons. The second kappa shape index (κ2) is 8.54. The first-order valence-electron chi connectivity index (χ1n) is 9.17. The number of aliphatic imine (C=N–C) groups is 1. The van der Waals surface area contributed by atoms with Gasteiger partial charge in [0.15, 0.2) is 0 Å². The van der Waals surface area contributed by atoms with Crippen LogP contribution in [0.4, 0.5) is 0 Å². The van der Waals surface area contributed by atoms with Gasteiger partial charge in [0.25, 0.3) is 0 Å². The third-order valence-corrected chi connectivity index (χ3v) is 4.44. The molecule has 1 fully saturated rings. The number of carbonyl (C=O) groups is 1. The lowest BCUT2D eigenvalue weighted by atomic mass is 9.93. The summed E-state index contributed by atoms with van der Waals surface area (Å²) in [4.78, 5) is 18.2. The summed E-state index contributed by atoms with van der Waals surface area (Å²) < 4.78 is 5.78. The molecule has 1 saturated heterocycles. The van der Waals surface area contributed by atoms with E-state index in [1.807, 2.05) is 24.3 Å². The Morgan fingerprint density at radius 3 is 2.54 bits per heavy atom. The predicted molar refractivity (Wildman–Crippen MR) is 106 cm³/mol. The largest absolute Gasteiger partial charge is 0.494 e. The molecule has 0 aliphatic carbocycles. The maximum Gasteiger partial charge on any atom is 0.239 e. The molecule has 1 unspecified atom stereocenters. The lowest BCUT2D eigenvalue weighted by molar-refractivity contribution is -0.130. The number of benzene rings is 1. The summed E-state index contributed by atoms with van der Waals surface area (Å²) in [6, 6.07) is 7.54. The second-order valence-electron chi connectivity index (χ2n) is 8.28. The van der Waals surface area contributed by atoms with Gasteiger partial charge in [-0.15, -0.1) is 0 Å². The van der Waals surface area contributed by atoms with Crippen LogP contribution >= 0.6 is 0 Å². The van der Waals surface area contributed by atoms with Crippen LogP contribution in [0.5, 0.6) is 5.75 Å². The van der Waals surface area contributed by atoms with Crippen LogP contribution in [0.15, 0.2) is 29.3 Å². The molecular weight excluding hydrogens is 328 g/mol. The van der Waals surface area contributed by atoms with Crippen molar-refractivity contribution in [1.29, 1.82) is 0 Å². The fraction of sp³-hybridized carbons (Fsp3) is 0.600. The van der Waals surface area contributed by atoms with Crippen molar-refractivity contribution in [3.8, 4) is 5.75 Å². The van der Waals surface area contributed by atoms with Crippen molar-refractivity contribution in [3.63, 3.8) is 0 Å². The minimum Gasteiger partial charge on any atom is -0.494 e. The highest BCUT2D eigenvalue weighted by atomic mass is 16.5. The van der Waals surface area contributed by atoms with Gasteiger partial charge in [-0.2, -0.15) is 0 Å². The summed E-state index contributed by atoms with van der Waals surface area (Å²) in [6.07, 6.45) is 1.67. The number of ether oxygens (including phenoxy) is 1. The zero-order valence-electron chi connectivity index (χ0n) is 16.6. The van der Waals surface area contributed by atoms with Crippen molar-refractivity contribution in [3.05, 3.63) is 29.8 Å². The molecule has 0 bridgehead atoms. The number of rotatable bonds is 6. The van der Waals surface area contributed by atoms with E-state index in [0.29, 0.717) is 25.4 Å². The Kier molecular flexibility index (Phi) is 6.64. The van der Waals surface area contributed by atoms with Crippen molar-refractivity contribution in [2.75, 3.05) is 27.2 Å². The smallest absolute Gasteiger partial charge is 0.239 e. The van der Waals surface area contributed by atoms with Gasteiger partial charge in [-0.25, -0.2) is 0 Å². The van der Waals surface area contributed by atoms with Gasteiger partial charge < -0.3 is 20.7 Å². The van der Waals surface area contributed by atoms with Gasteiger partial charge in [0.1, 0.15) is 11.6 Å². The van der Waals surface area contributed by atoms with Crippen LogP contribution in [0.1, 0.15) is 39.2 Å². The number of likely N-dealkylation sites (N-methyl/N-ethyl adjacent to an activating group) is 1. The van der Waals surface area contributed by atoms with Crippen molar-refractivity contribution in [2.24, 2.45) is 16.1 Å². The number of amides is 1. The van der Waals surface area contributed by atoms with E-state index in [9.17, 15) is 4.79 Å². The third-order valence-electron chi connectivity index (χ3n) is 4.44. The molecule has 26 heavy (non-hydrogen) atoms. The monoisotopic (exact) mass is 360 g/mol. The summed E-state index contributed by atoms with van der Waals surface area (Å²) in [5.41, 5.74) is 7.28. The molecule has 2 rings (SSSR count). The Hall–Kier alpha value is -2.08. The third kappa shape index (κ3) is 6.02. The molecule has 1 amide bonds. The molecule has 1 heterocycles. The topological polar surface area (TPSA) is 80.0 Å². The first kappa shape index (κ1) is 20.2. The van der Waals surface area contributed by atoms with Crippen LogP contribution in [-0.4, -0.2) is 56.0 Å². The number of nitrogens with two attached hydrogens (primary N) is 1. The normalized spacial score (nSPS) is 20.9. The van der Waals surface area contributed by atoms with Crippen LogP contribution in [0.2, 0.25) is 0 Å². The minimum absolute atomic E-state index is 0.0200. The molecule has 1 aromatic rings. The van der Waals surface area contributed by atoms with E-state index < -0.39 is 0 Å². The summed E-state index contributed by atoms with van der Waals surface area (Å²) in [7, 11) is 3.53. The molecular formula is C20H32N4O2. The second-order valence-corrected chi connectivity index (χ2v) is 8.28. The van der Waals surface area contributed by atoms with Gasteiger partial charge in [0.05, 0.1) is 18.7 Å². The number of hydrogen-bond donors (Lipinski definition) is 2. The number of hydrogen-bond acceptors (Lipinski definition) is 4. The van der Waals surface area contributed by atoms with Gasteiger partial charge in [-0.1, -0.05) is 20.8 Å². The molecule has 1 aliphatic heterocycles. The fourth-order valence-corrected chi connectivity index (χ4v) is 2.78. The highest BCUT2D eigenvalue weighted by molar-refractivity contribution is 5.97. The Balaban J connectivity index is 1.90. The molecule has 6 heteroatoms. The highest BCUT2D eigenvalue weighted by Gasteiger charge is 2.30. The van der Waals surface area contributed by atoms with Crippen molar-refractivity contribution >= 4 is 11.7 Å². The molecule has 0 aromatic heterocycles. The standard InChI is InChI=1S/C20H32N4O2/c1-20(2,3)10-11-26-16-8-6-14(7-9-16)18(21)23-15-12-17(22-13-15)19(25)24(4)5/h6-9,15,17,22H,10-13H2,1-5H3,(H2,21,23)/t15?,17-/m0/s1. The maximum absolute atomic E-state index is 12.0. The van der Waals surface area contributed by atoms with Gasteiger partial charge >= 0.3 is 0 Å². The number of carbonyl (C=O) groups excluding carboxylic acids is 1. The number of amidine groups is 1. The summed E-state index contributed by atoms with van der Waals surface area (Å²) in [5.74, 6) is 1.42. The van der Waals surface area contributed by atoms with Crippen LogP contribution in [0, 0.1) is 5.41 Å². The summed E-state index contributed by atoms with van der Waals surface area (Å²) >= 11 is 0. The zero-order valence-corrected chi connectivity index (χ0v) is 16.6. The number of nitrogens with one attached hydrogen (secondary N) is 1. The highest BCUT2D eigenvalue weighted by Crippen LogP contribution is 2.20. The molecule has 1 aromatic carbocycles. The van der Waals surface area contributed by atoms with Crippen LogP contribution in [-0.2, 0) is 4.79 Å². The summed E-state index contributed by atoms with van der Waals surface area (Å²) in [5, 5.41) is 3.22. The minimum atomic E-state index is -0.176. The van der Waals surface area contributed by atoms with E-state index in [1.54, 1.807) is 19.0 Å². The average Bonchev–Trinajstić information content (AvgIpc) is 3.01. The van der Waals surface area contributed by atoms with Crippen LogP contribution < -0.4 is 15.8 Å².